The van der Waals surface area contributed by atoms with Gasteiger partial charge in [0.1, 0.15) is 11.9 Å². The summed E-state index contributed by atoms with van der Waals surface area (Å²) in [6, 6.07) is 8.04. The fraction of sp³-hybridized carbons (Fsp3) is 0.500. The van der Waals surface area contributed by atoms with Gasteiger partial charge in [0.25, 0.3) is 0 Å². The van der Waals surface area contributed by atoms with E-state index in [-0.39, 0.29) is 24.6 Å². The van der Waals surface area contributed by atoms with Crippen molar-refractivity contribution < 1.29 is 9.47 Å². The Balaban J connectivity index is 0.00000128. The van der Waals surface area contributed by atoms with Gasteiger partial charge in [-0.3, -0.25) is 0 Å². The first-order valence-electron chi connectivity index (χ1n) is 5.35. The molecule has 0 spiro atoms. The van der Waals surface area contributed by atoms with Gasteiger partial charge in [-0.2, -0.15) is 0 Å². The van der Waals surface area contributed by atoms with E-state index < -0.39 is 0 Å². The summed E-state index contributed by atoms with van der Waals surface area (Å²) >= 11 is 0. The third-order valence-corrected chi connectivity index (χ3v) is 2.60. The zero-order valence-electron chi connectivity index (χ0n) is 9.39. The standard InChI is InChI=1S/C12H17NO2.ClH/c1-9(13)10-2-4-11(5-3-10)15-12-6-7-14-8-12;/h2-5,9,12H,6-8,13H2,1H3;1H/t9-,12-;/m0./s1. The highest BCUT2D eigenvalue weighted by Gasteiger charge is 2.16. The Hall–Kier alpha value is -0.770. The molecule has 0 amide bonds. The van der Waals surface area contributed by atoms with Gasteiger partial charge >= 0.3 is 0 Å². The summed E-state index contributed by atoms with van der Waals surface area (Å²) in [4.78, 5) is 0. The van der Waals surface area contributed by atoms with Gasteiger partial charge < -0.3 is 15.2 Å². The zero-order valence-corrected chi connectivity index (χ0v) is 10.2. The molecule has 0 bridgehead atoms. The summed E-state index contributed by atoms with van der Waals surface area (Å²) in [5.74, 6) is 0.898. The van der Waals surface area contributed by atoms with Gasteiger partial charge in [0.15, 0.2) is 0 Å². The Morgan fingerprint density at radius 1 is 1.38 bits per heavy atom. The molecule has 1 fully saturated rings. The number of ether oxygens (including phenoxy) is 2. The maximum Gasteiger partial charge on any atom is 0.124 e. The lowest BCUT2D eigenvalue weighted by molar-refractivity contribution is 0.141. The Morgan fingerprint density at radius 2 is 2.06 bits per heavy atom. The molecule has 1 aliphatic rings. The third kappa shape index (κ3) is 3.37. The monoisotopic (exact) mass is 243 g/mol. The topological polar surface area (TPSA) is 44.5 Å². The van der Waals surface area contributed by atoms with Crippen molar-refractivity contribution in [3.05, 3.63) is 29.8 Å². The minimum absolute atomic E-state index is 0. The summed E-state index contributed by atoms with van der Waals surface area (Å²) in [5, 5.41) is 0. The van der Waals surface area contributed by atoms with Crippen molar-refractivity contribution in [2.45, 2.75) is 25.5 Å². The molecule has 4 heteroatoms. The van der Waals surface area contributed by atoms with E-state index in [1.165, 1.54) is 0 Å². The fourth-order valence-corrected chi connectivity index (χ4v) is 1.65. The highest BCUT2D eigenvalue weighted by Crippen LogP contribution is 2.19. The van der Waals surface area contributed by atoms with E-state index in [0.717, 1.165) is 24.3 Å². The highest BCUT2D eigenvalue weighted by atomic mass is 35.5. The van der Waals surface area contributed by atoms with Gasteiger partial charge in [-0.25, -0.2) is 0 Å². The van der Waals surface area contributed by atoms with Gasteiger partial charge in [-0.1, -0.05) is 12.1 Å². The lowest BCUT2D eigenvalue weighted by atomic mass is 10.1. The number of benzene rings is 1. The second kappa shape index (κ2) is 6.09. The van der Waals surface area contributed by atoms with Crippen LogP contribution in [0, 0.1) is 0 Å². The van der Waals surface area contributed by atoms with Crippen molar-refractivity contribution in [1.82, 2.24) is 0 Å². The van der Waals surface area contributed by atoms with Gasteiger partial charge in [0.05, 0.1) is 13.2 Å². The third-order valence-electron chi connectivity index (χ3n) is 2.60. The van der Waals surface area contributed by atoms with Crippen molar-refractivity contribution in [1.29, 1.82) is 0 Å². The Kier molecular flexibility index (Phi) is 5.06. The fourth-order valence-electron chi connectivity index (χ4n) is 1.65. The molecular formula is C12H18ClNO2. The number of hydrogen-bond acceptors (Lipinski definition) is 3. The van der Waals surface area contributed by atoms with Crippen LogP contribution < -0.4 is 10.5 Å². The molecule has 0 saturated carbocycles. The van der Waals surface area contributed by atoms with Crippen LogP contribution in [0.1, 0.15) is 24.9 Å². The van der Waals surface area contributed by atoms with E-state index in [0.29, 0.717) is 6.61 Å². The first kappa shape index (κ1) is 13.3. The second-order valence-corrected chi connectivity index (χ2v) is 3.96. The first-order valence-corrected chi connectivity index (χ1v) is 5.35. The predicted molar refractivity (Wildman–Crippen MR) is 66.1 cm³/mol. The molecule has 90 valence electrons. The number of rotatable bonds is 3. The molecule has 1 saturated heterocycles. The lowest BCUT2D eigenvalue weighted by Gasteiger charge is -2.12. The van der Waals surface area contributed by atoms with Crippen LogP contribution in [-0.2, 0) is 4.74 Å². The number of halogens is 1. The summed E-state index contributed by atoms with van der Waals surface area (Å²) in [5.41, 5.74) is 6.90. The summed E-state index contributed by atoms with van der Waals surface area (Å²) < 4.78 is 11.0. The van der Waals surface area contributed by atoms with Crippen molar-refractivity contribution in [3.8, 4) is 5.75 Å². The van der Waals surface area contributed by atoms with Crippen molar-refractivity contribution in [2.24, 2.45) is 5.73 Å². The van der Waals surface area contributed by atoms with Crippen molar-refractivity contribution >= 4 is 12.4 Å². The van der Waals surface area contributed by atoms with Gasteiger partial charge in [0.2, 0.25) is 0 Å². The van der Waals surface area contributed by atoms with Gasteiger partial charge in [0, 0.05) is 12.5 Å². The molecule has 1 heterocycles. The van der Waals surface area contributed by atoms with Crippen LogP contribution in [0.2, 0.25) is 0 Å². The molecule has 2 rings (SSSR count). The molecule has 1 aliphatic heterocycles. The zero-order chi connectivity index (χ0) is 10.7. The van der Waals surface area contributed by atoms with Crippen LogP contribution in [-0.4, -0.2) is 19.3 Å². The Bertz CT molecular complexity index is 307. The van der Waals surface area contributed by atoms with Crippen LogP contribution in [0.5, 0.6) is 5.75 Å². The molecule has 1 aromatic carbocycles. The van der Waals surface area contributed by atoms with Crippen molar-refractivity contribution in [2.75, 3.05) is 13.2 Å². The number of hydrogen-bond donors (Lipinski definition) is 1. The van der Waals surface area contributed by atoms with Crippen LogP contribution in [0.4, 0.5) is 0 Å². The summed E-state index contributed by atoms with van der Waals surface area (Å²) in [7, 11) is 0. The first-order chi connectivity index (χ1) is 7.25. The van der Waals surface area contributed by atoms with Gasteiger partial charge in [-0.15, -0.1) is 12.4 Å². The molecule has 2 atom stereocenters. The maximum absolute atomic E-state index is 5.77. The lowest BCUT2D eigenvalue weighted by Crippen LogP contribution is -2.15. The van der Waals surface area contributed by atoms with E-state index in [4.69, 9.17) is 15.2 Å². The Morgan fingerprint density at radius 3 is 2.56 bits per heavy atom. The van der Waals surface area contributed by atoms with Crippen LogP contribution in [0.3, 0.4) is 0 Å². The second-order valence-electron chi connectivity index (χ2n) is 3.96. The minimum Gasteiger partial charge on any atom is -0.488 e. The molecule has 16 heavy (non-hydrogen) atoms. The largest absolute Gasteiger partial charge is 0.488 e. The Labute approximate surface area is 102 Å². The molecule has 0 radical (unpaired) electrons. The van der Waals surface area contributed by atoms with E-state index in [1.54, 1.807) is 0 Å². The molecule has 2 N–H and O–H groups in total. The normalized spacial score (nSPS) is 21.2. The maximum atomic E-state index is 5.77. The molecule has 3 nitrogen and oxygen atoms in total. The van der Waals surface area contributed by atoms with E-state index in [2.05, 4.69) is 0 Å². The molecule has 0 aliphatic carbocycles. The summed E-state index contributed by atoms with van der Waals surface area (Å²) in [6.07, 6.45) is 1.20. The van der Waals surface area contributed by atoms with E-state index in [1.807, 2.05) is 31.2 Å². The van der Waals surface area contributed by atoms with Crippen molar-refractivity contribution in [3.63, 3.8) is 0 Å². The van der Waals surface area contributed by atoms with Crippen LogP contribution >= 0.6 is 12.4 Å². The number of nitrogens with two attached hydrogens (primary N) is 1. The average Bonchev–Trinajstić information content (AvgIpc) is 2.71. The van der Waals surface area contributed by atoms with Crippen LogP contribution in [0.15, 0.2) is 24.3 Å². The molecular weight excluding hydrogens is 226 g/mol. The SMILES string of the molecule is C[C@H](N)c1ccc(O[C@H]2CCOC2)cc1.Cl. The summed E-state index contributed by atoms with van der Waals surface area (Å²) in [6.45, 7) is 3.48. The molecule has 0 unspecified atom stereocenters. The quantitative estimate of drug-likeness (QED) is 0.886. The average molecular weight is 244 g/mol. The highest BCUT2D eigenvalue weighted by molar-refractivity contribution is 5.85. The minimum atomic E-state index is 0. The van der Waals surface area contributed by atoms with Gasteiger partial charge in [-0.05, 0) is 24.6 Å². The van der Waals surface area contributed by atoms with E-state index >= 15 is 0 Å². The molecule has 0 aromatic heterocycles. The molecule has 1 aromatic rings. The van der Waals surface area contributed by atoms with E-state index in [9.17, 15) is 0 Å². The smallest absolute Gasteiger partial charge is 0.124 e. The predicted octanol–water partition coefficient (Wildman–Crippen LogP) is 2.30. The van der Waals surface area contributed by atoms with Crippen LogP contribution in [0.25, 0.3) is 0 Å².